The van der Waals surface area contributed by atoms with E-state index in [0.717, 1.165) is 5.69 Å². The van der Waals surface area contributed by atoms with Gasteiger partial charge < -0.3 is 23.7 Å². The minimum absolute atomic E-state index is 0.0402. The number of carbonyl (C=O) groups excluding carboxylic acids is 1. The monoisotopic (exact) mass is 391 g/mol. The Bertz CT molecular complexity index is 740. The van der Waals surface area contributed by atoms with E-state index in [9.17, 15) is 4.79 Å². The SMILES string of the molecule is COc1ncnc(C2CN(C(=O)OC(C)(C)C)C2)c1B1OC(C)(C)C(C)(C)O1. The van der Waals surface area contributed by atoms with Crippen LogP contribution < -0.4 is 10.2 Å². The largest absolute Gasteiger partial charge is 0.502 e. The molecule has 0 saturated carbocycles. The van der Waals surface area contributed by atoms with Crippen LogP contribution in [0.15, 0.2) is 6.33 Å². The third-order valence-electron chi connectivity index (χ3n) is 5.48. The normalized spacial score (nSPS) is 21.4. The average Bonchev–Trinajstić information content (AvgIpc) is 2.71. The molecule has 2 aliphatic rings. The number of rotatable bonds is 3. The lowest BCUT2D eigenvalue weighted by atomic mass is 9.74. The molecule has 2 saturated heterocycles. The number of hydrogen-bond acceptors (Lipinski definition) is 7. The van der Waals surface area contributed by atoms with Crippen LogP contribution in [0.2, 0.25) is 0 Å². The number of amides is 1. The Morgan fingerprint density at radius 2 is 1.75 bits per heavy atom. The molecule has 0 bridgehead atoms. The van der Waals surface area contributed by atoms with E-state index in [0.29, 0.717) is 24.4 Å². The Balaban J connectivity index is 1.82. The molecule has 0 atom stereocenters. The van der Waals surface area contributed by atoms with Crippen molar-refractivity contribution in [1.82, 2.24) is 14.9 Å². The van der Waals surface area contributed by atoms with E-state index in [-0.39, 0.29) is 12.0 Å². The van der Waals surface area contributed by atoms with Crippen molar-refractivity contribution in [3.05, 3.63) is 12.0 Å². The van der Waals surface area contributed by atoms with Gasteiger partial charge in [-0.15, -0.1) is 0 Å². The van der Waals surface area contributed by atoms with Crippen LogP contribution in [0.3, 0.4) is 0 Å². The summed E-state index contributed by atoms with van der Waals surface area (Å²) in [5.74, 6) is 0.470. The van der Waals surface area contributed by atoms with Gasteiger partial charge in [0.1, 0.15) is 11.9 Å². The van der Waals surface area contributed by atoms with Crippen molar-refractivity contribution in [1.29, 1.82) is 0 Å². The van der Waals surface area contributed by atoms with E-state index in [1.807, 2.05) is 48.5 Å². The molecule has 0 aliphatic carbocycles. The molecule has 154 valence electrons. The molecule has 0 radical (unpaired) electrons. The number of methoxy groups -OCH3 is 1. The maximum atomic E-state index is 12.2. The first-order chi connectivity index (χ1) is 12.8. The zero-order valence-corrected chi connectivity index (χ0v) is 18.0. The summed E-state index contributed by atoms with van der Waals surface area (Å²) in [5.41, 5.74) is -0.0213. The van der Waals surface area contributed by atoms with Crippen molar-refractivity contribution >= 4 is 18.7 Å². The van der Waals surface area contributed by atoms with E-state index in [1.54, 1.807) is 12.0 Å². The summed E-state index contributed by atoms with van der Waals surface area (Å²) in [4.78, 5) is 22.6. The summed E-state index contributed by atoms with van der Waals surface area (Å²) >= 11 is 0. The first kappa shape index (κ1) is 20.9. The lowest BCUT2D eigenvalue weighted by molar-refractivity contribution is 0.00578. The number of carbonyl (C=O) groups is 1. The first-order valence-corrected chi connectivity index (χ1v) is 9.57. The molecule has 1 aromatic heterocycles. The summed E-state index contributed by atoms with van der Waals surface area (Å²) in [5, 5.41) is 0. The van der Waals surface area contributed by atoms with Gasteiger partial charge in [0.05, 0.1) is 29.5 Å². The second-order valence-electron chi connectivity index (χ2n) is 9.35. The molecule has 2 fully saturated rings. The maximum absolute atomic E-state index is 12.2. The molecule has 9 heteroatoms. The highest BCUT2D eigenvalue weighted by Crippen LogP contribution is 2.38. The van der Waals surface area contributed by atoms with Crippen LogP contribution in [0.1, 0.15) is 60.1 Å². The average molecular weight is 391 g/mol. The maximum Gasteiger partial charge on any atom is 0.502 e. The van der Waals surface area contributed by atoms with Crippen molar-refractivity contribution < 1.29 is 23.6 Å². The smallest absolute Gasteiger partial charge is 0.481 e. The third kappa shape index (κ3) is 3.82. The van der Waals surface area contributed by atoms with Crippen molar-refractivity contribution in [2.75, 3.05) is 20.2 Å². The molecule has 3 heterocycles. The Morgan fingerprint density at radius 1 is 1.18 bits per heavy atom. The molecular weight excluding hydrogens is 361 g/mol. The third-order valence-corrected chi connectivity index (χ3v) is 5.48. The van der Waals surface area contributed by atoms with Gasteiger partial charge in [0.2, 0.25) is 5.88 Å². The highest BCUT2D eigenvalue weighted by molar-refractivity contribution is 6.63. The van der Waals surface area contributed by atoms with Gasteiger partial charge in [0.25, 0.3) is 0 Å². The van der Waals surface area contributed by atoms with Crippen molar-refractivity contribution in [3.63, 3.8) is 0 Å². The molecule has 28 heavy (non-hydrogen) atoms. The number of ether oxygens (including phenoxy) is 2. The molecule has 1 amide bonds. The van der Waals surface area contributed by atoms with Gasteiger partial charge >= 0.3 is 13.2 Å². The standard InChI is InChI=1S/C19H30BN3O5/c1-17(2,3)26-16(24)23-9-12(10-23)14-13(15(25-8)22-11-21-14)20-27-18(4,5)19(6,7)28-20/h11-12H,9-10H2,1-8H3. The highest BCUT2D eigenvalue weighted by Gasteiger charge is 2.54. The van der Waals surface area contributed by atoms with E-state index >= 15 is 0 Å². The van der Waals surface area contributed by atoms with Crippen molar-refractivity contribution in [2.45, 2.75) is 71.2 Å². The van der Waals surface area contributed by atoms with Gasteiger partial charge in [0, 0.05) is 19.0 Å². The Labute approximate surface area is 167 Å². The van der Waals surface area contributed by atoms with E-state index < -0.39 is 23.9 Å². The van der Waals surface area contributed by atoms with Gasteiger partial charge in [-0.2, -0.15) is 0 Å². The quantitative estimate of drug-likeness (QED) is 0.730. The second-order valence-corrected chi connectivity index (χ2v) is 9.35. The van der Waals surface area contributed by atoms with Crippen LogP contribution in [0.5, 0.6) is 5.88 Å². The fourth-order valence-corrected chi connectivity index (χ4v) is 3.19. The van der Waals surface area contributed by atoms with E-state index in [4.69, 9.17) is 18.8 Å². The summed E-state index contributed by atoms with van der Waals surface area (Å²) in [7, 11) is 0.931. The summed E-state index contributed by atoms with van der Waals surface area (Å²) < 4.78 is 23.3. The lowest BCUT2D eigenvalue weighted by Crippen LogP contribution is -2.53. The molecule has 8 nitrogen and oxygen atoms in total. The number of nitrogens with zero attached hydrogens (tertiary/aromatic N) is 3. The van der Waals surface area contributed by atoms with Gasteiger partial charge in [0.15, 0.2) is 0 Å². The molecule has 0 N–H and O–H groups in total. The van der Waals surface area contributed by atoms with Crippen LogP contribution in [-0.4, -0.2) is 65.1 Å². The Morgan fingerprint density at radius 3 is 2.25 bits per heavy atom. The topological polar surface area (TPSA) is 83.0 Å². The summed E-state index contributed by atoms with van der Waals surface area (Å²) in [6, 6.07) is 0. The van der Waals surface area contributed by atoms with E-state index in [2.05, 4.69) is 9.97 Å². The lowest BCUT2D eigenvalue weighted by Gasteiger charge is -2.40. The minimum Gasteiger partial charge on any atom is -0.481 e. The summed E-state index contributed by atoms with van der Waals surface area (Å²) in [6.45, 7) is 14.6. The zero-order valence-electron chi connectivity index (χ0n) is 18.0. The van der Waals surface area contributed by atoms with Crippen LogP contribution in [0, 0.1) is 0 Å². The molecule has 3 rings (SSSR count). The fourth-order valence-electron chi connectivity index (χ4n) is 3.19. The number of likely N-dealkylation sites (tertiary alicyclic amines) is 1. The van der Waals surface area contributed by atoms with Crippen LogP contribution >= 0.6 is 0 Å². The van der Waals surface area contributed by atoms with Gasteiger partial charge in [-0.05, 0) is 48.5 Å². The van der Waals surface area contributed by atoms with Gasteiger partial charge in [-0.25, -0.2) is 14.8 Å². The molecule has 0 unspecified atom stereocenters. The van der Waals surface area contributed by atoms with Crippen molar-refractivity contribution in [2.24, 2.45) is 0 Å². The second kappa shape index (κ2) is 6.88. The molecule has 1 aromatic rings. The molecule has 0 spiro atoms. The van der Waals surface area contributed by atoms with Crippen LogP contribution in [0.25, 0.3) is 0 Å². The fraction of sp³-hybridized carbons (Fsp3) is 0.737. The minimum atomic E-state index is -0.633. The molecular formula is C19H30BN3O5. The van der Waals surface area contributed by atoms with Crippen LogP contribution in [-0.2, 0) is 14.0 Å². The van der Waals surface area contributed by atoms with Crippen LogP contribution in [0.4, 0.5) is 4.79 Å². The predicted octanol–water partition coefficient (Wildman–Crippen LogP) is 2.12. The van der Waals surface area contributed by atoms with E-state index in [1.165, 1.54) is 6.33 Å². The molecule has 0 aromatic carbocycles. The predicted molar refractivity (Wildman–Crippen MR) is 105 cm³/mol. The van der Waals surface area contributed by atoms with Crippen molar-refractivity contribution in [3.8, 4) is 5.88 Å². The Hall–Kier alpha value is -1.87. The van der Waals surface area contributed by atoms with Gasteiger partial charge in [-0.1, -0.05) is 0 Å². The first-order valence-electron chi connectivity index (χ1n) is 9.57. The molecule has 2 aliphatic heterocycles. The Kier molecular flexibility index (Phi) is 5.12. The number of aromatic nitrogens is 2. The van der Waals surface area contributed by atoms with Gasteiger partial charge in [-0.3, -0.25) is 0 Å². The number of hydrogen-bond donors (Lipinski definition) is 0. The summed E-state index contributed by atoms with van der Waals surface area (Å²) in [6.07, 6.45) is 1.15. The zero-order chi connectivity index (χ0) is 20.9. The highest BCUT2D eigenvalue weighted by atomic mass is 16.7.